The van der Waals surface area contributed by atoms with E-state index in [1.165, 1.54) is 25.7 Å². The molecule has 120 valence electrons. The van der Waals surface area contributed by atoms with Gasteiger partial charge in [-0.3, -0.25) is 9.59 Å². The topological polar surface area (TPSA) is 54.4 Å². The van der Waals surface area contributed by atoms with E-state index >= 15 is 0 Å². The van der Waals surface area contributed by atoms with Crippen molar-refractivity contribution in [2.75, 3.05) is 0 Å². The summed E-state index contributed by atoms with van der Waals surface area (Å²) >= 11 is 0. The molecule has 0 radical (unpaired) electrons. The minimum atomic E-state index is -1.02. The van der Waals surface area contributed by atoms with Gasteiger partial charge in [0.2, 0.25) is 0 Å². The Bertz CT molecular complexity index is 329. The zero-order chi connectivity index (χ0) is 15.8. The van der Waals surface area contributed by atoms with Crippen LogP contribution < -0.4 is 0 Å². The lowest BCUT2D eigenvalue weighted by Crippen LogP contribution is -2.05. The summed E-state index contributed by atoms with van der Waals surface area (Å²) in [7, 11) is 0. The fourth-order valence-electron chi connectivity index (χ4n) is 2.06. The summed E-state index contributed by atoms with van der Waals surface area (Å²) in [5.74, 6) is -1.19. The van der Waals surface area contributed by atoms with E-state index in [4.69, 9.17) is 5.11 Å². The van der Waals surface area contributed by atoms with Gasteiger partial charge < -0.3 is 5.11 Å². The molecule has 1 N–H and O–H groups in total. The van der Waals surface area contributed by atoms with Crippen molar-refractivity contribution in [3.63, 3.8) is 0 Å². The van der Waals surface area contributed by atoms with Gasteiger partial charge in [0, 0.05) is 6.42 Å². The van der Waals surface area contributed by atoms with E-state index < -0.39 is 5.97 Å². The van der Waals surface area contributed by atoms with Gasteiger partial charge in [-0.05, 0) is 32.1 Å². The maximum Gasteiger partial charge on any atom is 0.310 e. The van der Waals surface area contributed by atoms with E-state index in [0.717, 1.165) is 32.1 Å². The molecule has 21 heavy (non-hydrogen) atoms. The van der Waals surface area contributed by atoms with E-state index in [-0.39, 0.29) is 12.2 Å². The zero-order valence-corrected chi connectivity index (χ0v) is 13.4. The van der Waals surface area contributed by atoms with E-state index in [0.29, 0.717) is 6.42 Å². The number of allylic oxidation sites excluding steroid dienone is 4. The predicted octanol–water partition coefficient (Wildman–Crippen LogP) is 5.06. The number of Topliss-reactive ketones (excluding diaryl/α,β-unsaturated/α-hetero) is 1. The van der Waals surface area contributed by atoms with Gasteiger partial charge >= 0.3 is 5.97 Å². The van der Waals surface area contributed by atoms with Crippen LogP contribution in [0.3, 0.4) is 0 Å². The summed E-state index contributed by atoms with van der Waals surface area (Å²) < 4.78 is 0. The summed E-state index contributed by atoms with van der Waals surface area (Å²) in [6.45, 7) is 2.22. The third-order valence-corrected chi connectivity index (χ3v) is 3.28. The summed E-state index contributed by atoms with van der Waals surface area (Å²) in [6, 6.07) is 0. The monoisotopic (exact) mass is 294 g/mol. The second-order valence-corrected chi connectivity index (χ2v) is 5.41. The Labute approximate surface area is 129 Å². The predicted molar refractivity (Wildman–Crippen MR) is 87.4 cm³/mol. The molecule has 0 rings (SSSR count). The number of carbonyl (C=O) groups is 2. The quantitative estimate of drug-likeness (QED) is 0.277. The maximum atomic E-state index is 11.2. The Morgan fingerprint density at radius 1 is 0.857 bits per heavy atom. The molecule has 0 saturated carbocycles. The van der Waals surface area contributed by atoms with Gasteiger partial charge in [-0.1, -0.05) is 56.9 Å². The molecule has 3 heteroatoms. The van der Waals surface area contributed by atoms with Gasteiger partial charge in [-0.25, -0.2) is 0 Å². The Kier molecular flexibility index (Phi) is 14.0. The van der Waals surface area contributed by atoms with Crippen LogP contribution in [0.4, 0.5) is 0 Å². The van der Waals surface area contributed by atoms with Crippen LogP contribution in [0.15, 0.2) is 24.3 Å². The largest absolute Gasteiger partial charge is 0.481 e. The highest BCUT2D eigenvalue weighted by Gasteiger charge is 2.06. The van der Waals surface area contributed by atoms with E-state index in [1.807, 2.05) is 0 Å². The zero-order valence-electron chi connectivity index (χ0n) is 13.4. The molecular weight excluding hydrogens is 264 g/mol. The van der Waals surface area contributed by atoms with Gasteiger partial charge in [0.05, 0.1) is 0 Å². The van der Waals surface area contributed by atoms with Gasteiger partial charge in [-0.15, -0.1) is 0 Å². The first kappa shape index (κ1) is 19.6. The number of rotatable bonds is 14. The maximum absolute atomic E-state index is 11.2. The number of aliphatic carboxylic acids is 1. The lowest BCUT2D eigenvalue weighted by Gasteiger charge is -1.97. The fourth-order valence-corrected chi connectivity index (χ4v) is 2.06. The van der Waals surface area contributed by atoms with E-state index in [1.54, 1.807) is 0 Å². The highest BCUT2D eigenvalue weighted by molar-refractivity contribution is 5.94. The second kappa shape index (κ2) is 15.0. The van der Waals surface area contributed by atoms with Crippen LogP contribution in [0, 0.1) is 0 Å². The van der Waals surface area contributed by atoms with Crippen LogP contribution in [0.2, 0.25) is 0 Å². The van der Waals surface area contributed by atoms with Crippen molar-refractivity contribution in [3.8, 4) is 0 Å². The lowest BCUT2D eigenvalue weighted by atomic mass is 10.1. The van der Waals surface area contributed by atoms with E-state index in [9.17, 15) is 9.59 Å². The molecule has 0 saturated heterocycles. The normalized spacial score (nSPS) is 11.5. The van der Waals surface area contributed by atoms with Crippen molar-refractivity contribution in [1.82, 2.24) is 0 Å². The van der Waals surface area contributed by atoms with Crippen molar-refractivity contribution < 1.29 is 14.7 Å². The number of hydrogen-bond donors (Lipinski definition) is 1. The smallest absolute Gasteiger partial charge is 0.310 e. The third-order valence-electron chi connectivity index (χ3n) is 3.28. The van der Waals surface area contributed by atoms with Gasteiger partial charge in [0.15, 0.2) is 0 Å². The third kappa shape index (κ3) is 16.6. The first-order chi connectivity index (χ1) is 10.2. The molecular formula is C18H30O3. The number of hydrogen-bond acceptors (Lipinski definition) is 2. The number of unbranched alkanes of at least 4 members (excludes halogenated alkanes) is 7. The van der Waals surface area contributed by atoms with Gasteiger partial charge in [0.25, 0.3) is 0 Å². The molecule has 0 amide bonds. The SMILES string of the molecule is CCCCCCC=CC=CCCCCCC(=O)CC(=O)O. The molecule has 3 nitrogen and oxygen atoms in total. The Morgan fingerprint density at radius 3 is 1.95 bits per heavy atom. The van der Waals surface area contributed by atoms with Gasteiger partial charge in [0.1, 0.15) is 12.2 Å². The molecule has 0 heterocycles. The van der Waals surface area contributed by atoms with Crippen molar-refractivity contribution >= 4 is 11.8 Å². The molecule has 0 atom stereocenters. The summed E-state index contributed by atoms with van der Waals surface area (Å²) in [6.07, 6.45) is 18.9. The Morgan fingerprint density at radius 2 is 1.43 bits per heavy atom. The van der Waals surface area contributed by atoms with Crippen LogP contribution >= 0.6 is 0 Å². The first-order valence-electron chi connectivity index (χ1n) is 8.22. The molecule has 0 aromatic carbocycles. The Hall–Kier alpha value is -1.38. The van der Waals surface area contributed by atoms with E-state index in [2.05, 4.69) is 31.2 Å². The molecule has 0 spiro atoms. The van der Waals surface area contributed by atoms with Crippen LogP contribution in [-0.2, 0) is 9.59 Å². The van der Waals surface area contributed by atoms with Crippen LogP contribution in [-0.4, -0.2) is 16.9 Å². The van der Waals surface area contributed by atoms with Crippen LogP contribution in [0.25, 0.3) is 0 Å². The number of carboxylic acids is 1. The summed E-state index contributed by atoms with van der Waals surface area (Å²) in [5.41, 5.74) is 0. The van der Waals surface area contributed by atoms with Crippen molar-refractivity contribution in [2.45, 2.75) is 77.6 Å². The summed E-state index contributed by atoms with van der Waals surface area (Å²) in [4.78, 5) is 21.5. The van der Waals surface area contributed by atoms with Crippen molar-refractivity contribution in [2.24, 2.45) is 0 Å². The molecule has 0 aliphatic carbocycles. The minimum absolute atomic E-state index is 0.163. The first-order valence-corrected chi connectivity index (χ1v) is 8.22. The Balaban J connectivity index is 3.34. The molecule has 0 aromatic rings. The number of ketones is 1. The number of carbonyl (C=O) groups excluding carboxylic acids is 1. The highest BCUT2D eigenvalue weighted by Crippen LogP contribution is 2.06. The van der Waals surface area contributed by atoms with Gasteiger partial charge in [-0.2, -0.15) is 0 Å². The molecule has 0 bridgehead atoms. The highest BCUT2D eigenvalue weighted by atomic mass is 16.4. The molecule has 0 aliphatic rings. The fraction of sp³-hybridized carbons (Fsp3) is 0.667. The summed E-state index contributed by atoms with van der Waals surface area (Å²) in [5, 5.41) is 8.45. The average molecular weight is 294 g/mol. The van der Waals surface area contributed by atoms with Crippen molar-refractivity contribution in [1.29, 1.82) is 0 Å². The van der Waals surface area contributed by atoms with Crippen LogP contribution in [0.5, 0.6) is 0 Å². The molecule has 0 aromatic heterocycles. The second-order valence-electron chi connectivity index (χ2n) is 5.41. The molecule has 0 fully saturated rings. The number of carboxylic acid groups (broad SMARTS) is 1. The molecule has 0 unspecified atom stereocenters. The standard InChI is InChI=1S/C18H30O3/c1-2-3-4-5-6-7-8-9-10-11-12-13-14-15-17(19)16-18(20)21/h7-10H,2-6,11-16H2,1H3,(H,20,21). The average Bonchev–Trinajstić information content (AvgIpc) is 2.43. The minimum Gasteiger partial charge on any atom is -0.481 e. The lowest BCUT2D eigenvalue weighted by molar-refractivity contribution is -0.140. The molecule has 0 aliphatic heterocycles. The van der Waals surface area contributed by atoms with Crippen molar-refractivity contribution in [3.05, 3.63) is 24.3 Å². The van der Waals surface area contributed by atoms with Crippen LogP contribution in [0.1, 0.15) is 77.6 Å².